The number of hydrogen-bond donors (Lipinski definition) is 1. The third kappa shape index (κ3) is 7.51. The Morgan fingerprint density at radius 3 is 1.93 bits per heavy atom. The van der Waals surface area contributed by atoms with Crippen molar-refractivity contribution < 1.29 is 42.9 Å². The van der Waals surface area contributed by atoms with Crippen molar-refractivity contribution in [2.75, 3.05) is 6.61 Å². The summed E-state index contributed by atoms with van der Waals surface area (Å²) in [6.07, 6.45) is -4.49. The van der Waals surface area contributed by atoms with Crippen molar-refractivity contribution in [2.45, 2.75) is 78.3 Å². The van der Waals surface area contributed by atoms with Gasteiger partial charge in [0.25, 0.3) is 0 Å². The molecule has 0 spiro atoms. The molecule has 1 aliphatic heterocycles. The van der Waals surface area contributed by atoms with Gasteiger partial charge in [0.2, 0.25) is 5.91 Å². The second kappa shape index (κ2) is 10.2. The molecule has 0 saturated carbocycles. The number of esters is 3. The minimum atomic E-state index is -1.12. The fourth-order valence-electron chi connectivity index (χ4n) is 2.68. The maximum atomic E-state index is 11.7. The molecule has 0 bridgehead atoms. The van der Waals surface area contributed by atoms with Gasteiger partial charge in [-0.05, 0) is 13.8 Å². The van der Waals surface area contributed by atoms with E-state index in [1.807, 2.05) is 0 Å². The quantitative estimate of drug-likeness (QED) is 0.475. The van der Waals surface area contributed by atoms with Crippen LogP contribution in [-0.4, -0.2) is 67.2 Å². The van der Waals surface area contributed by atoms with E-state index in [0.29, 0.717) is 0 Å². The Hall–Kier alpha value is -2.20. The third-order valence-corrected chi connectivity index (χ3v) is 3.48. The average molecular weight is 389 g/mol. The highest BCUT2D eigenvalue weighted by Gasteiger charge is 2.51. The molecule has 1 aliphatic rings. The van der Waals surface area contributed by atoms with Crippen molar-refractivity contribution in [3.63, 3.8) is 0 Å². The first-order valence-electron chi connectivity index (χ1n) is 8.57. The maximum absolute atomic E-state index is 11.7. The summed E-state index contributed by atoms with van der Waals surface area (Å²) in [7, 11) is 0. The van der Waals surface area contributed by atoms with Gasteiger partial charge in [-0.2, -0.15) is 0 Å². The Bertz CT molecular complexity index is 563. The smallest absolute Gasteiger partial charge is 0.303 e. The standard InChI is InChI=1S/C17H27NO9/c1-8(2)24-17-14(18-9(3)19)16(26-12(6)22)15(25-11(5)21)13(27-17)7-23-10(4)20/h8,13-17H,7H2,1-6H3,(H,18,19)/t13-,14-,15+,16-,17+/m0/s1. The second-order valence-corrected chi connectivity index (χ2v) is 6.40. The highest BCUT2D eigenvalue weighted by molar-refractivity contribution is 5.73. The summed E-state index contributed by atoms with van der Waals surface area (Å²) in [5, 5.41) is 2.62. The number of nitrogens with one attached hydrogen (secondary N) is 1. The van der Waals surface area contributed by atoms with Crippen LogP contribution in [0.25, 0.3) is 0 Å². The second-order valence-electron chi connectivity index (χ2n) is 6.40. The predicted octanol–water partition coefficient (Wildman–Crippen LogP) is 0.0675. The van der Waals surface area contributed by atoms with Gasteiger partial charge in [0, 0.05) is 27.7 Å². The number of hydrogen-bond acceptors (Lipinski definition) is 9. The Morgan fingerprint density at radius 1 is 0.926 bits per heavy atom. The lowest BCUT2D eigenvalue weighted by molar-refractivity contribution is -0.285. The molecule has 5 atom stereocenters. The predicted molar refractivity (Wildman–Crippen MR) is 90.2 cm³/mol. The molecule has 10 heteroatoms. The molecule has 154 valence electrons. The Morgan fingerprint density at radius 2 is 1.48 bits per heavy atom. The monoisotopic (exact) mass is 389 g/mol. The largest absolute Gasteiger partial charge is 0.463 e. The van der Waals surface area contributed by atoms with Crippen LogP contribution < -0.4 is 5.32 Å². The van der Waals surface area contributed by atoms with E-state index in [9.17, 15) is 19.2 Å². The van der Waals surface area contributed by atoms with E-state index >= 15 is 0 Å². The molecule has 1 heterocycles. The SMILES string of the molecule is CC(=O)N[C@@H]1[C@H](OC(C)C)O[C@@H](COC(C)=O)[C@@H](OC(C)=O)[C@H]1OC(C)=O. The third-order valence-electron chi connectivity index (χ3n) is 3.48. The molecule has 1 N–H and O–H groups in total. The van der Waals surface area contributed by atoms with Crippen LogP contribution in [0.15, 0.2) is 0 Å². The van der Waals surface area contributed by atoms with Gasteiger partial charge >= 0.3 is 17.9 Å². The van der Waals surface area contributed by atoms with Crippen LogP contribution in [0, 0.1) is 0 Å². The van der Waals surface area contributed by atoms with Crippen molar-refractivity contribution in [1.82, 2.24) is 5.32 Å². The normalized spacial score (nSPS) is 27.6. The van der Waals surface area contributed by atoms with E-state index in [1.54, 1.807) is 13.8 Å². The van der Waals surface area contributed by atoms with E-state index in [-0.39, 0.29) is 12.7 Å². The summed E-state index contributed by atoms with van der Waals surface area (Å²) in [5.74, 6) is -2.28. The molecule has 1 saturated heterocycles. The van der Waals surface area contributed by atoms with E-state index in [4.69, 9.17) is 23.7 Å². The first kappa shape index (κ1) is 22.8. The van der Waals surface area contributed by atoms with Crippen molar-refractivity contribution in [3.05, 3.63) is 0 Å². The first-order valence-corrected chi connectivity index (χ1v) is 8.57. The summed E-state index contributed by atoms with van der Waals surface area (Å²) in [5.41, 5.74) is 0. The lowest BCUT2D eigenvalue weighted by Gasteiger charge is -2.45. The highest BCUT2D eigenvalue weighted by atomic mass is 16.7. The molecule has 0 aromatic heterocycles. The van der Waals surface area contributed by atoms with Crippen molar-refractivity contribution >= 4 is 23.8 Å². The maximum Gasteiger partial charge on any atom is 0.303 e. The van der Waals surface area contributed by atoms with Gasteiger partial charge in [0.1, 0.15) is 18.8 Å². The summed E-state index contributed by atoms with van der Waals surface area (Å²) >= 11 is 0. The molecule has 1 amide bonds. The van der Waals surface area contributed by atoms with Gasteiger partial charge in [0.05, 0.1) is 6.10 Å². The molecule has 0 aliphatic carbocycles. The molecule has 27 heavy (non-hydrogen) atoms. The number of amides is 1. The van der Waals surface area contributed by atoms with Crippen LogP contribution in [0.5, 0.6) is 0 Å². The van der Waals surface area contributed by atoms with E-state index in [1.165, 1.54) is 27.7 Å². The Labute approximate surface area is 157 Å². The van der Waals surface area contributed by atoms with E-state index < -0.39 is 54.5 Å². The van der Waals surface area contributed by atoms with Crippen molar-refractivity contribution in [2.24, 2.45) is 0 Å². The van der Waals surface area contributed by atoms with Crippen LogP contribution in [0.1, 0.15) is 41.5 Å². The molecule has 1 rings (SSSR count). The number of carbonyl (C=O) groups excluding carboxylic acids is 4. The number of carbonyl (C=O) groups is 4. The van der Waals surface area contributed by atoms with Gasteiger partial charge in [-0.25, -0.2) is 0 Å². The van der Waals surface area contributed by atoms with Gasteiger partial charge in [-0.3, -0.25) is 19.2 Å². The van der Waals surface area contributed by atoms with Crippen LogP contribution in [-0.2, 0) is 42.9 Å². The molecule has 1 fully saturated rings. The minimum Gasteiger partial charge on any atom is -0.463 e. The molecular weight excluding hydrogens is 362 g/mol. The molecule has 0 unspecified atom stereocenters. The fraction of sp³-hybridized carbons (Fsp3) is 0.765. The van der Waals surface area contributed by atoms with Crippen LogP contribution in [0.4, 0.5) is 0 Å². The van der Waals surface area contributed by atoms with Gasteiger partial charge < -0.3 is 29.0 Å². The molecule has 0 aromatic carbocycles. The topological polar surface area (TPSA) is 126 Å². The number of rotatable bonds is 7. The zero-order valence-electron chi connectivity index (χ0n) is 16.3. The zero-order valence-corrected chi connectivity index (χ0v) is 16.3. The molecule has 10 nitrogen and oxygen atoms in total. The Balaban J connectivity index is 3.27. The lowest BCUT2D eigenvalue weighted by Crippen LogP contribution is -2.66. The summed E-state index contributed by atoms with van der Waals surface area (Å²) in [4.78, 5) is 46.0. The van der Waals surface area contributed by atoms with Gasteiger partial charge in [-0.15, -0.1) is 0 Å². The van der Waals surface area contributed by atoms with Crippen LogP contribution in [0.3, 0.4) is 0 Å². The fourth-order valence-corrected chi connectivity index (χ4v) is 2.68. The lowest BCUT2D eigenvalue weighted by atomic mass is 9.96. The summed E-state index contributed by atoms with van der Waals surface area (Å²) in [6, 6.07) is -0.938. The van der Waals surface area contributed by atoms with Crippen molar-refractivity contribution in [3.8, 4) is 0 Å². The first-order chi connectivity index (χ1) is 12.5. The van der Waals surface area contributed by atoms with E-state index in [0.717, 1.165) is 0 Å². The average Bonchev–Trinajstić information content (AvgIpc) is 2.49. The van der Waals surface area contributed by atoms with Gasteiger partial charge in [-0.1, -0.05) is 0 Å². The molecule has 0 aromatic rings. The van der Waals surface area contributed by atoms with Gasteiger partial charge in [0.15, 0.2) is 18.5 Å². The summed E-state index contributed by atoms with van der Waals surface area (Å²) in [6.45, 7) is 8.12. The van der Waals surface area contributed by atoms with Crippen LogP contribution in [0.2, 0.25) is 0 Å². The zero-order chi connectivity index (χ0) is 20.7. The number of ether oxygens (including phenoxy) is 5. The van der Waals surface area contributed by atoms with Crippen molar-refractivity contribution in [1.29, 1.82) is 0 Å². The summed E-state index contributed by atoms with van der Waals surface area (Å²) < 4.78 is 27.1. The molecular formula is C17H27NO9. The highest BCUT2D eigenvalue weighted by Crippen LogP contribution is 2.28. The van der Waals surface area contributed by atoms with Crippen LogP contribution >= 0.6 is 0 Å². The Kier molecular flexibility index (Phi) is 8.64. The molecule has 0 radical (unpaired) electrons. The minimum absolute atomic E-state index is 0.254. The van der Waals surface area contributed by atoms with E-state index in [2.05, 4.69) is 5.32 Å².